The quantitative estimate of drug-likeness (QED) is 0.813. The van der Waals surface area contributed by atoms with Gasteiger partial charge < -0.3 is 14.4 Å². The van der Waals surface area contributed by atoms with Gasteiger partial charge in [0.15, 0.2) is 0 Å². The molecule has 0 spiro atoms. The van der Waals surface area contributed by atoms with Crippen molar-refractivity contribution >= 4 is 11.6 Å². The number of amides is 1. The van der Waals surface area contributed by atoms with E-state index >= 15 is 0 Å². The lowest BCUT2D eigenvalue weighted by atomic mass is 10.0. The van der Waals surface area contributed by atoms with Crippen molar-refractivity contribution in [3.8, 4) is 11.5 Å². The number of ether oxygens (including phenoxy) is 2. The van der Waals surface area contributed by atoms with E-state index in [-0.39, 0.29) is 11.9 Å². The van der Waals surface area contributed by atoms with Crippen LogP contribution in [-0.4, -0.2) is 44.7 Å². The maximum Gasteiger partial charge on any atom is 0.241 e. The van der Waals surface area contributed by atoms with Crippen LogP contribution in [0.25, 0.3) is 0 Å². The van der Waals surface area contributed by atoms with Crippen LogP contribution < -0.4 is 14.4 Å². The van der Waals surface area contributed by atoms with Crippen molar-refractivity contribution in [2.75, 3.05) is 38.8 Å². The number of carbonyl (C=O) groups is 1. The summed E-state index contributed by atoms with van der Waals surface area (Å²) in [5.41, 5.74) is 3.43. The average Bonchev–Trinajstić information content (AvgIpc) is 3.34. The molecule has 0 bridgehead atoms. The molecule has 0 N–H and O–H groups in total. The van der Waals surface area contributed by atoms with Gasteiger partial charge in [-0.05, 0) is 55.6 Å². The van der Waals surface area contributed by atoms with E-state index in [0.717, 1.165) is 55.1 Å². The summed E-state index contributed by atoms with van der Waals surface area (Å²) < 4.78 is 11.0. The van der Waals surface area contributed by atoms with E-state index in [4.69, 9.17) is 9.47 Å². The average molecular weight is 366 g/mol. The van der Waals surface area contributed by atoms with Crippen LogP contribution in [0.4, 0.5) is 5.69 Å². The second kappa shape index (κ2) is 7.61. The fourth-order valence-electron chi connectivity index (χ4n) is 4.32. The largest absolute Gasteiger partial charge is 0.497 e. The first-order valence-corrected chi connectivity index (χ1v) is 9.55. The lowest BCUT2D eigenvalue weighted by Crippen LogP contribution is -2.39. The molecule has 5 heteroatoms. The topological polar surface area (TPSA) is 42.0 Å². The lowest BCUT2D eigenvalue weighted by molar-refractivity contribution is -0.119. The Kier molecular flexibility index (Phi) is 5.03. The molecule has 1 unspecified atom stereocenters. The van der Waals surface area contributed by atoms with Gasteiger partial charge in [-0.1, -0.05) is 18.2 Å². The van der Waals surface area contributed by atoms with Gasteiger partial charge in [-0.15, -0.1) is 0 Å². The number of hydrogen-bond donors (Lipinski definition) is 0. The molecule has 142 valence electrons. The fourth-order valence-corrected chi connectivity index (χ4v) is 4.32. The predicted molar refractivity (Wildman–Crippen MR) is 106 cm³/mol. The van der Waals surface area contributed by atoms with E-state index < -0.39 is 0 Å². The third-order valence-corrected chi connectivity index (χ3v) is 5.69. The highest BCUT2D eigenvalue weighted by Gasteiger charge is 2.32. The van der Waals surface area contributed by atoms with Crippen molar-refractivity contribution in [2.24, 2.45) is 0 Å². The number of hydrogen-bond acceptors (Lipinski definition) is 4. The molecule has 1 atom stereocenters. The van der Waals surface area contributed by atoms with Crippen molar-refractivity contribution in [1.29, 1.82) is 0 Å². The minimum absolute atomic E-state index is 0.175. The summed E-state index contributed by atoms with van der Waals surface area (Å²) in [5.74, 6) is 1.85. The molecule has 1 amide bonds. The van der Waals surface area contributed by atoms with Gasteiger partial charge in [0.1, 0.15) is 11.5 Å². The standard InChI is InChI=1S/C22H26N2O3/c1-26-17-9-10-21(27-2)18(14-17)20-8-5-12-23(20)15-22(25)24-13-11-16-6-3-4-7-19(16)24/h3-4,6-7,9-10,14,20H,5,8,11-13,15H2,1-2H3. The predicted octanol–water partition coefficient (Wildman–Crippen LogP) is 3.43. The molecule has 2 aliphatic rings. The number of likely N-dealkylation sites (tertiary alicyclic amines) is 1. The van der Waals surface area contributed by atoms with Crippen molar-refractivity contribution in [3.63, 3.8) is 0 Å². The Morgan fingerprint density at radius 3 is 2.78 bits per heavy atom. The normalized spacial score (nSPS) is 19.2. The van der Waals surface area contributed by atoms with Crippen LogP contribution in [0, 0.1) is 0 Å². The third-order valence-electron chi connectivity index (χ3n) is 5.69. The van der Waals surface area contributed by atoms with Gasteiger partial charge in [0, 0.05) is 23.8 Å². The summed E-state index contributed by atoms with van der Waals surface area (Å²) in [6.45, 7) is 2.13. The Hall–Kier alpha value is -2.53. The third kappa shape index (κ3) is 3.39. The molecule has 2 aromatic rings. The summed E-state index contributed by atoms with van der Waals surface area (Å²) in [6.07, 6.45) is 3.04. The van der Waals surface area contributed by atoms with Crippen molar-refractivity contribution in [1.82, 2.24) is 4.90 Å². The van der Waals surface area contributed by atoms with Crippen molar-refractivity contribution in [3.05, 3.63) is 53.6 Å². The van der Waals surface area contributed by atoms with Crippen LogP contribution >= 0.6 is 0 Å². The number of anilines is 1. The van der Waals surface area contributed by atoms with Crippen LogP contribution in [0.15, 0.2) is 42.5 Å². The molecule has 0 radical (unpaired) electrons. The highest BCUT2D eigenvalue weighted by molar-refractivity contribution is 5.96. The maximum absolute atomic E-state index is 13.0. The van der Waals surface area contributed by atoms with Crippen molar-refractivity contribution in [2.45, 2.75) is 25.3 Å². The SMILES string of the molecule is COc1ccc(OC)c(C2CCCN2CC(=O)N2CCc3ccccc32)c1. The summed E-state index contributed by atoms with van der Waals surface area (Å²) in [5, 5.41) is 0. The minimum atomic E-state index is 0.175. The van der Waals surface area contributed by atoms with E-state index in [1.807, 2.05) is 41.3 Å². The molecule has 27 heavy (non-hydrogen) atoms. The number of methoxy groups -OCH3 is 2. The summed E-state index contributed by atoms with van der Waals surface area (Å²) in [7, 11) is 3.36. The second-order valence-corrected chi connectivity index (χ2v) is 7.16. The first-order valence-electron chi connectivity index (χ1n) is 9.55. The van der Waals surface area contributed by atoms with Crippen LogP contribution in [0.3, 0.4) is 0 Å². The number of para-hydroxylation sites is 1. The van der Waals surface area contributed by atoms with E-state index in [9.17, 15) is 4.79 Å². The molecule has 0 saturated carbocycles. The molecule has 1 saturated heterocycles. The van der Waals surface area contributed by atoms with Crippen LogP contribution in [0.1, 0.15) is 30.0 Å². The van der Waals surface area contributed by atoms with Crippen LogP contribution in [-0.2, 0) is 11.2 Å². The van der Waals surface area contributed by atoms with E-state index in [1.54, 1.807) is 14.2 Å². The zero-order valence-electron chi connectivity index (χ0n) is 16.0. The number of nitrogens with zero attached hydrogens (tertiary/aromatic N) is 2. The molecule has 1 fully saturated rings. The van der Waals surface area contributed by atoms with Gasteiger partial charge in [0.25, 0.3) is 0 Å². The monoisotopic (exact) mass is 366 g/mol. The molecule has 0 aliphatic carbocycles. The minimum Gasteiger partial charge on any atom is -0.497 e. The summed E-state index contributed by atoms with van der Waals surface area (Å²) in [6, 6.07) is 14.3. The second-order valence-electron chi connectivity index (χ2n) is 7.16. The van der Waals surface area contributed by atoms with Crippen LogP contribution in [0.5, 0.6) is 11.5 Å². The molecule has 0 aromatic heterocycles. The van der Waals surface area contributed by atoms with E-state index in [1.165, 1.54) is 5.56 Å². The molecule has 2 heterocycles. The van der Waals surface area contributed by atoms with E-state index in [2.05, 4.69) is 11.0 Å². The Labute approximate surface area is 160 Å². The summed E-state index contributed by atoms with van der Waals surface area (Å²) in [4.78, 5) is 17.3. The van der Waals surface area contributed by atoms with Gasteiger partial charge in [-0.3, -0.25) is 9.69 Å². The number of fused-ring (bicyclic) bond motifs is 1. The van der Waals surface area contributed by atoms with Crippen molar-refractivity contribution < 1.29 is 14.3 Å². The summed E-state index contributed by atoms with van der Waals surface area (Å²) >= 11 is 0. The Morgan fingerprint density at radius 2 is 1.96 bits per heavy atom. The number of carbonyl (C=O) groups excluding carboxylic acids is 1. The lowest BCUT2D eigenvalue weighted by Gasteiger charge is -2.28. The number of benzene rings is 2. The van der Waals surface area contributed by atoms with E-state index in [0.29, 0.717) is 6.54 Å². The molecule has 5 nitrogen and oxygen atoms in total. The molecule has 2 aliphatic heterocycles. The Morgan fingerprint density at radius 1 is 1.11 bits per heavy atom. The van der Waals surface area contributed by atoms with Gasteiger partial charge in [0.2, 0.25) is 5.91 Å². The maximum atomic E-state index is 13.0. The Bertz CT molecular complexity index is 836. The van der Waals surface area contributed by atoms with Gasteiger partial charge in [-0.25, -0.2) is 0 Å². The molecule has 2 aromatic carbocycles. The molecular weight excluding hydrogens is 340 g/mol. The molecule has 4 rings (SSSR count). The first kappa shape index (κ1) is 17.9. The highest BCUT2D eigenvalue weighted by atomic mass is 16.5. The fraction of sp³-hybridized carbons (Fsp3) is 0.409. The number of rotatable bonds is 5. The van der Waals surface area contributed by atoms with Gasteiger partial charge in [-0.2, -0.15) is 0 Å². The zero-order chi connectivity index (χ0) is 18.8. The van der Waals surface area contributed by atoms with Crippen LogP contribution in [0.2, 0.25) is 0 Å². The zero-order valence-corrected chi connectivity index (χ0v) is 16.0. The van der Waals surface area contributed by atoms with Gasteiger partial charge >= 0.3 is 0 Å². The first-order chi connectivity index (χ1) is 13.2. The smallest absolute Gasteiger partial charge is 0.241 e. The Balaban J connectivity index is 1.54. The molecular formula is C22H26N2O3. The van der Waals surface area contributed by atoms with Gasteiger partial charge in [0.05, 0.1) is 20.8 Å². The highest BCUT2D eigenvalue weighted by Crippen LogP contribution is 2.39.